The fraction of sp³-hybridized carbons (Fsp3) is 0.952. The molecular formula is C21H42O3. The lowest BCUT2D eigenvalue weighted by molar-refractivity contribution is -0.181. The fourth-order valence-electron chi connectivity index (χ4n) is 2.94. The maximum Gasteiger partial charge on any atom is 0.308 e. The van der Waals surface area contributed by atoms with Crippen LogP contribution in [0.5, 0.6) is 0 Å². The first-order chi connectivity index (χ1) is 11.6. The van der Waals surface area contributed by atoms with Crippen LogP contribution in [0.15, 0.2) is 0 Å². The molecule has 1 atom stereocenters. The highest BCUT2D eigenvalue weighted by Gasteiger charge is 2.10. The standard InChI is InChI=1S/C21H42O3/c1-5-6-7-8-9-10-11-12-13-14-15-16-17-18-21(22)24-20(4)23-19(2)3/h19-20H,5-18H2,1-4H3. The van der Waals surface area contributed by atoms with Crippen molar-refractivity contribution in [1.82, 2.24) is 0 Å². The molecule has 0 aromatic heterocycles. The van der Waals surface area contributed by atoms with Gasteiger partial charge in [0.1, 0.15) is 0 Å². The van der Waals surface area contributed by atoms with Gasteiger partial charge in [0.05, 0.1) is 6.10 Å². The zero-order valence-electron chi connectivity index (χ0n) is 16.8. The fourth-order valence-corrected chi connectivity index (χ4v) is 2.94. The molecule has 0 aliphatic rings. The van der Waals surface area contributed by atoms with E-state index in [-0.39, 0.29) is 12.1 Å². The Balaban J connectivity index is 3.23. The van der Waals surface area contributed by atoms with Crippen molar-refractivity contribution in [1.29, 1.82) is 0 Å². The van der Waals surface area contributed by atoms with E-state index in [9.17, 15) is 4.79 Å². The minimum Gasteiger partial charge on any atom is -0.436 e. The number of hydrogen-bond donors (Lipinski definition) is 0. The maximum absolute atomic E-state index is 11.6. The van der Waals surface area contributed by atoms with Crippen molar-refractivity contribution in [2.75, 3.05) is 0 Å². The first kappa shape index (κ1) is 23.4. The van der Waals surface area contributed by atoms with Crippen LogP contribution in [0.3, 0.4) is 0 Å². The molecule has 3 nitrogen and oxygen atoms in total. The quantitative estimate of drug-likeness (QED) is 0.166. The normalized spacial score (nSPS) is 12.5. The van der Waals surface area contributed by atoms with E-state index in [2.05, 4.69) is 6.92 Å². The number of rotatable bonds is 17. The summed E-state index contributed by atoms with van der Waals surface area (Å²) in [5.74, 6) is -0.133. The molecule has 0 radical (unpaired) electrons. The van der Waals surface area contributed by atoms with Crippen molar-refractivity contribution in [2.24, 2.45) is 0 Å². The number of ether oxygens (including phenoxy) is 2. The van der Waals surface area contributed by atoms with Crippen LogP contribution >= 0.6 is 0 Å². The largest absolute Gasteiger partial charge is 0.436 e. The Hall–Kier alpha value is -0.570. The monoisotopic (exact) mass is 342 g/mol. The van der Waals surface area contributed by atoms with E-state index < -0.39 is 6.29 Å². The topological polar surface area (TPSA) is 35.5 Å². The molecule has 1 unspecified atom stereocenters. The minimum atomic E-state index is -0.431. The first-order valence-corrected chi connectivity index (χ1v) is 10.4. The Morgan fingerprint density at radius 2 is 1.12 bits per heavy atom. The van der Waals surface area contributed by atoms with Crippen LogP contribution in [0.1, 0.15) is 118 Å². The summed E-state index contributed by atoms with van der Waals surface area (Å²) >= 11 is 0. The summed E-state index contributed by atoms with van der Waals surface area (Å²) in [6.07, 6.45) is 17.3. The SMILES string of the molecule is CCCCCCCCCCCCCCCC(=O)OC(C)OC(C)C. The van der Waals surface area contributed by atoms with E-state index in [0.717, 1.165) is 12.8 Å². The van der Waals surface area contributed by atoms with Crippen LogP contribution in [0, 0.1) is 0 Å². The summed E-state index contributed by atoms with van der Waals surface area (Å²) in [5.41, 5.74) is 0. The summed E-state index contributed by atoms with van der Waals surface area (Å²) in [6.45, 7) is 7.93. The Labute approximate surface area is 150 Å². The van der Waals surface area contributed by atoms with E-state index in [0.29, 0.717) is 6.42 Å². The van der Waals surface area contributed by atoms with E-state index >= 15 is 0 Å². The molecule has 0 heterocycles. The third-order valence-electron chi connectivity index (χ3n) is 4.25. The van der Waals surface area contributed by atoms with E-state index in [4.69, 9.17) is 9.47 Å². The van der Waals surface area contributed by atoms with Gasteiger partial charge in [-0.1, -0.05) is 84.0 Å². The molecule has 24 heavy (non-hydrogen) atoms. The predicted octanol–water partition coefficient (Wildman–Crippen LogP) is 6.78. The Morgan fingerprint density at radius 1 is 0.708 bits per heavy atom. The zero-order valence-corrected chi connectivity index (χ0v) is 16.8. The molecule has 0 amide bonds. The van der Waals surface area contributed by atoms with Crippen LogP contribution < -0.4 is 0 Å². The van der Waals surface area contributed by atoms with Gasteiger partial charge in [0.25, 0.3) is 0 Å². The molecule has 0 saturated carbocycles. The highest BCUT2D eigenvalue weighted by Crippen LogP contribution is 2.13. The van der Waals surface area contributed by atoms with Gasteiger partial charge in [0, 0.05) is 6.42 Å². The molecule has 0 aliphatic heterocycles. The molecule has 144 valence electrons. The molecule has 0 aliphatic carbocycles. The molecule has 3 heteroatoms. The van der Waals surface area contributed by atoms with Crippen LogP contribution in [0.4, 0.5) is 0 Å². The molecule has 0 spiro atoms. The average Bonchev–Trinajstić information content (AvgIpc) is 2.51. The molecule has 0 bridgehead atoms. The lowest BCUT2D eigenvalue weighted by atomic mass is 10.0. The third kappa shape index (κ3) is 17.8. The van der Waals surface area contributed by atoms with Gasteiger partial charge in [-0.15, -0.1) is 0 Å². The molecule has 0 rings (SSSR count). The van der Waals surface area contributed by atoms with E-state index in [1.165, 1.54) is 70.6 Å². The second-order valence-corrected chi connectivity index (χ2v) is 7.23. The Bertz CT molecular complexity index is 276. The molecular weight excluding hydrogens is 300 g/mol. The lowest BCUT2D eigenvalue weighted by Crippen LogP contribution is -2.21. The highest BCUT2D eigenvalue weighted by atomic mass is 16.7. The van der Waals surface area contributed by atoms with Crippen molar-refractivity contribution < 1.29 is 14.3 Å². The number of unbranched alkanes of at least 4 members (excludes halogenated alkanes) is 12. The zero-order chi connectivity index (χ0) is 18.0. The van der Waals surface area contributed by atoms with Crippen LogP contribution in [0.2, 0.25) is 0 Å². The van der Waals surface area contributed by atoms with Gasteiger partial charge in [0.15, 0.2) is 6.29 Å². The van der Waals surface area contributed by atoms with Gasteiger partial charge < -0.3 is 9.47 Å². The summed E-state index contributed by atoms with van der Waals surface area (Å²) in [7, 11) is 0. The average molecular weight is 343 g/mol. The van der Waals surface area contributed by atoms with Gasteiger partial charge >= 0.3 is 5.97 Å². The van der Waals surface area contributed by atoms with Gasteiger partial charge in [-0.05, 0) is 27.2 Å². The van der Waals surface area contributed by atoms with Crippen molar-refractivity contribution >= 4 is 5.97 Å². The van der Waals surface area contributed by atoms with Gasteiger partial charge in [0.2, 0.25) is 0 Å². The third-order valence-corrected chi connectivity index (χ3v) is 4.25. The molecule has 0 aromatic carbocycles. The minimum absolute atomic E-state index is 0.0872. The number of carbonyl (C=O) groups is 1. The van der Waals surface area contributed by atoms with Gasteiger partial charge in [-0.3, -0.25) is 4.79 Å². The number of hydrogen-bond acceptors (Lipinski definition) is 3. The second-order valence-electron chi connectivity index (χ2n) is 7.23. The van der Waals surface area contributed by atoms with Gasteiger partial charge in [-0.2, -0.15) is 0 Å². The predicted molar refractivity (Wildman–Crippen MR) is 102 cm³/mol. The lowest BCUT2D eigenvalue weighted by Gasteiger charge is -2.16. The van der Waals surface area contributed by atoms with Crippen molar-refractivity contribution in [3.63, 3.8) is 0 Å². The summed E-state index contributed by atoms with van der Waals surface area (Å²) in [5, 5.41) is 0. The smallest absolute Gasteiger partial charge is 0.308 e. The molecule has 0 saturated heterocycles. The molecule has 0 aromatic rings. The van der Waals surface area contributed by atoms with Crippen LogP contribution in [-0.4, -0.2) is 18.4 Å². The van der Waals surface area contributed by atoms with Crippen molar-refractivity contribution in [3.05, 3.63) is 0 Å². The first-order valence-electron chi connectivity index (χ1n) is 10.4. The number of esters is 1. The maximum atomic E-state index is 11.6. The Kier molecular flexibility index (Phi) is 16.8. The van der Waals surface area contributed by atoms with Crippen molar-refractivity contribution in [3.8, 4) is 0 Å². The van der Waals surface area contributed by atoms with Crippen LogP contribution in [-0.2, 0) is 14.3 Å². The Morgan fingerprint density at radius 3 is 1.54 bits per heavy atom. The molecule has 0 N–H and O–H groups in total. The summed E-state index contributed by atoms with van der Waals surface area (Å²) in [6, 6.07) is 0. The van der Waals surface area contributed by atoms with Crippen molar-refractivity contribution in [2.45, 2.75) is 130 Å². The molecule has 0 fully saturated rings. The van der Waals surface area contributed by atoms with Gasteiger partial charge in [-0.25, -0.2) is 0 Å². The van der Waals surface area contributed by atoms with Crippen LogP contribution in [0.25, 0.3) is 0 Å². The second kappa shape index (κ2) is 17.3. The highest BCUT2D eigenvalue weighted by molar-refractivity contribution is 5.69. The summed E-state index contributed by atoms with van der Waals surface area (Å²) in [4.78, 5) is 11.6. The summed E-state index contributed by atoms with van der Waals surface area (Å²) < 4.78 is 10.6. The van der Waals surface area contributed by atoms with E-state index in [1.807, 2.05) is 13.8 Å². The number of carbonyl (C=O) groups excluding carboxylic acids is 1. The van der Waals surface area contributed by atoms with E-state index in [1.54, 1.807) is 6.92 Å².